The van der Waals surface area contributed by atoms with E-state index in [1.54, 1.807) is 7.11 Å². The lowest BCUT2D eigenvalue weighted by atomic mass is 9.83. The van der Waals surface area contributed by atoms with Crippen molar-refractivity contribution in [3.05, 3.63) is 125 Å². The number of nitrogens with zero attached hydrogens (tertiary/aromatic N) is 2. The van der Waals surface area contributed by atoms with Gasteiger partial charge in [-0.15, -0.1) is 0 Å². The molecule has 34 heavy (non-hydrogen) atoms. The summed E-state index contributed by atoms with van der Waals surface area (Å²) in [5.74, 6) is 0.781. The Morgan fingerprint density at radius 2 is 1.79 bits per heavy atom. The van der Waals surface area contributed by atoms with Crippen molar-refractivity contribution in [1.82, 2.24) is 4.57 Å². The van der Waals surface area contributed by atoms with Gasteiger partial charge in [-0.1, -0.05) is 77.5 Å². The fourth-order valence-corrected chi connectivity index (χ4v) is 6.09. The second kappa shape index (κ2) is 8.42. The molecule has 0 radical (unpaired) electrons. The minimum atomic E-state index is -0.272. The van der Waals surface area contributed by atoms with E-state index in [0.717, 1.165) is 46.6 Å². The Labute approximate surface area is 205 Å². The quantitative estimate of drug-likeness (QED) is 0.411. The van der Waals surface area contributed by atoms with Gasteiger partial charge in [0, 0.05) is 10.6 Å². The molecule has 4 aromatic rings. The van der Waals surface area contributed by atoms with Crippen LogP contribution in [0.4, 0.5) is 0 Å². The van der Waals surface area contributed by atoms with Crippen LogP contribution in [0.2, 0.25) is 5.02 Å². The molecule has 0 saturated carbocycles. The lowest BCUT2D eigenvalue weighted by Gasteiger charge is -2.31. The van der Waals surface area contributed by atoms with Crippen LogP contribution in [0.5, 0.6) is 5.75 Å². The molecule has 2 aliphatic rings. The zero-order chi connectivity index (χ0) is 23.2. The van der Waals surface area contributed by atoms with Gasteiger partial charge in [0.1, 0.15) is 5.75 Å². The highest BCUT2D eigenvalue weighted by Crippen LogP contribution is 2.42. The molecular formula is C28H21ClN2O2S. The number of fused-ring (bicyclic) bond motifs is 3. The number of thiazole rings is 1. The van der Waals surface area contributed by atoms with E-state index in [0.29, 0.717) is 14.4 Å². The van der Waals surface area contributed by atoms with Gasteiger partial charge in [-0.2, -0.15) is 0 Å². The SMILES string of the molecule is COc1ccc(/C=c2/sc3n(c2=O)[C@H](c2ccccc2Cl)C2=C(N=3)c3ccccc3CC2)cc1. The first-order valence-corrected chi connectivity index (χ1v) is 12.3. The summed E-state index contributed by atoms with van der Waals surface area (Å²) in [6.45, 7) is 0. The van der Waals surface area contributed by atoms with Crippen LogP contribution in [-0.2, 0) is 6.42 Å². The first kappa shape index (κ1) is 21.1. The largest absolute Gasteiger partial charge is 0.497 e. The second-order valence-electron chi connectivity index (χ2n) is 8.41. The fraction of sp³-hybridized carbons (Fsp3) is 0.143. The van der Waals surface area contributed by atoms with Crippen molar-refractivity contribution in [1.29, 1.82) is 0 Å². The highest BCUT2D eigenvalue weighted by Gasteiger charge is 2.33. The molecule has 1 aromatic heterocycles. The summed E-state index contributed by atoms with van der Waals surface area (Å²) in [7, 11) is 1.64. The summed E-state index contributed by atoms with van der Waals surface area (Å²) >= 11 is 8.11. The number of benzene rings is 3. The molecule has 0 amide bonds. The van der Waals surface area contributed by atoms with Crippen LogP contribution < -0.4 is 19.6 Å². The highest BCUT2D eigenvalue weighted by atomic mass is 35.5. The summed E-state index contributed by atoms with van der Waals surface area (Å²) in [6.07, 6.45) is 3.68. The number of aryl methyl sites for hydroxylation is 1. The topological polar surface area (TPSA) is 43.6 Å². The molecule has 0 spiro atoms. The Morgan fingerprint density at radius 3 is 2.59 bits per heavy atom. The van der Waals surface area contributed by atoms with E-state index in [-0.39, 0.29) is 11.6 Å². The molecule has 0 saturated heterocycles. The average Bonchev–Trinajstić information content (AvgIpc) is 3.18. The molecule has 0 bridgehead atoms. The molecule has 2 heterocycles. The average molecular weight is 485 g/mol. The van der Waals surface area contributed by atoms with Gasteiger partial charge in [-0.05, 0) is 59.4 Å². The lowest BCUT2D eigenvalue weighted by molar-refractivity contribution is 0.415. The van der Waals surface area contributed by atoms with E-state index in [1.165, 1.54) is 16.9 Å². The second-order valence-corrected chi connectivity index (χ2v) is 9.82. The number of rotatable bonds is 3. The number of hydrogen-bond donors (Lipinski definition) is 0. The van der Waals surface area contributed by atoms with E-state index in [1.807, 2.05) is 65.2 Å². The third-order valence-corrected chi connectivity index (χ3v) is 7.81. The van der Waals surface area contributed by atoms with E-state index >= 15 is 0 Å². The predicted molar refractivity (Wildman–Crippen MR) is 137 cm³/mol. The maximum Gasteiger partial charge on any atom is 0.271 e. The highest BCUT2D eigenvalue weighted by molar-refractivity contribution is 7.07. The normalized spacial score (nSPS) is 17.0. The van der Waals surface area contributed by atoms with Crippen molar-refractivity contribution in [2.45, 2.75) is 18.9 Å². The standard InChI is InChI=1S/C28H21ClN2O2S/c1-33-19-13-10-17(11-14-19)16-24-27(32)31-26(21-8-4-5-9-23(21)29)22-15-12-18-6-2-3-7-20(18)25(22)30-28(31)34-24/h2-11,13-14,16,26H,12,15H2,1H3/b24-16+/t26-/m1/s1. The van der Waals surface area contributed by atoms with Crippen LogP contribution in [0.15, 0.2) is 88.2 Å². The molecule has 4 nitrogen and oxygen atoms in total. The van der Waals surface area contributed by atoms with Crippen LogP contribution in [0.3, 0.4) is 0 Å². The van der Waals surface area contributed by atoms with Crippen molar-refractivity contribution >= 4 is 34.7 Å². The Bertz CT molecular complexity index is 1630. The molecule has 0 N–H and O–H groups in total. The van der Waals surface area contributed by atoms with E-state index in [2.05, 4.69) is 18.2 Å². The van der Waals surface area contributed by atoms with Crippen LogP contribution in [0, 0.1) is 0 Å². The van der Waals surface area contributed by atoms with Crippen LogP contribution in [0.25, 0.3) is 11.8 Å². The van der Waals surface area contributed by atoms with Crippen molar-refractivity contribution in [3.8, 4) is 5.75 Å². The molecular weight excluding hydrogens is 464 g/mol. The minimum Gasteiger partial charge on any atom is -0.497 e. The Balaban J connectivity index is 1.61. The van der Waals surface area contributed by atoms with Crippen LogP contribution in [-0.4, -0.2) is 11.7 Å². The number of allylic oxidation sites excluding steroid dienone is 1. The number of halogens is 1. The third kappa shape index (κ3) is 3.44. The van der Waals surface area contributed by atoms with E-state index in [9.17, 15) is 4.79 Å². The summed E-state index contributed by atoms with van der Waals surface area (Å²) in [4.78, 5) is 19.5. The molecule has 1 aliphatic carbocycles. The van der Waals surface area contributed by atoms with Gasteiger partial charge in [0.25, 0.3) is 5.56 Å². The van der Waals surface area contributed by atoms with Crippen molar-refractivity contribution in [2.75, 3.05) is 7.11 Å². The first-order valence-electron chi connectivity index (χ1n) is 11.2. The molecule has 0 unspecified atom stereocenters. The molecule has 1 aliphatic heterocycles. The van der Waals surface area contributed by atoms with Crippen LogP contribution in [0.1, 0.15) is 34.7 Å². The van der Waals surface area contributed by atoms with E-state index < -0.39 is 0 Å². The predicted octanol–water partition coefficient (Wildman–Crippen LogP) is 4.98. The lowest BCUT2D eigenvalue weighted by Crippen LogP contribution is -2.38. The van der Waals surface area contributed by atoms with Gasteiger partial charge in [-0.25, -0.2) is 4.99 Å². The summed E-state index contributed by atoms with van der Waals surface area (Å²) < 4.78 is 7.73. The number of ether oxygens (including phenoxy) is 1. The Hall–Kier alpha value is -3.41. The van der Waals surface area contributed by atoms with Gasteiger partial charge in [0.15, 0.2) is 4.80 Å². The van der Waals surface area contributed by atoms with Crippen molar-refractivity contribution in [2.24, 2.45) is 4.99 Å². The first-order chi connectivity index (χ1) is 16.6. The Kier molecular flexibility index (Phi) is 5.24. The van der Waals surface area contributed by atoms with Crippen molar-refractivity contribution < 1.29 is 4.74 Å². The number of hydrogen-bond acceptors (Lipinski definition) is 4. The minimum absolute atomic E-state index is 0.0464. The van der Waals surface area contributed by atoms with Gasteiger partial charge in [0.05, 0.1) is 23.4 Å². The molecule has 6 rings (SSSR count). The molecule has 3 aromatic carbocycles. The van der Waals surface area contributed by atoms with Crippen molar-refractivity contribution in [3.63, 3.8) is 0 Å². The number of methoxy groups -OCH3 is 1. The third-order valence-electron chi connectivity index (χ3n) is 6.49. The van der Waals surface area contributed by atoms with Crippen LogP contribution >= 0.6 is 22.9 Å². The van der Waals surface area contributed by atoms with Gasteiger partial charge in [-0.3, -0.25) is 9.36 Å². The molecule has 0 fully saturated rings. The smallest absolute Gasteiger partial charge is 0.271 e. The zero-order valence-corrected chi connectivity index (χ0v) is 20.1. The molecule has 168 valence electrons. The fourth-order valence-electron chi connectivity index (χ4n) is 4.85. The maximum atomic E-state index is 13.7. The zero-order valence-electron chi connectivity index (χ0n) is 18.5. The van der Waals surface area contributed by atoms with Gasteiger partial charge >= 0.3 is 0 Å². The molecule has 6 heteroatoms. The molecule has 1 atom stereocenters. The number of aromatic nitrogens is 1. The summed E-state index contributed by atoms with van der Waals surface area (Å²) in [5.41, 5.74) is 6.39. The van der Waals surface area contributed by atoms with E-state index in [4.69, 9.17) is 21.3 Å². The summed E-state index contributed by atoms with van der Waals surface area (Å²) in [5, 5.41) is 0.657. The summed E-state index contributed by atoms with van der Waals surface area (Å²) in [6, 6.07) is 23.6. The maximum absolute atomic E-state index is 13.7. The monoisotopic (exact) mass is 484 g/mol. The Morgan fingerprint density at radius 1 is 1.03 bits per heavy atom. The van der Waals surface area contributed by atoms with Gasteiger partial charge in [0.2, 0.25) is 0 Å². The van der Waals surface area contributed by atoms with Gasteiger partial charge < -0.3 is 4.74 Å².